The largest absolute Gasteiger partial charge is 0.501 e. The van der Waals surface area contributed by atoms with Crippen molar-refractivity contribution >= 4 is 0 Å². The third-order valence-corrected chi connectivity index (χ3v) is 2.21. The molecule has 0 amide bonds. The summed E-state index contributed by atoms with van der Waals surface area (Å²) in [6, 6.07) is 0. The molecule has 0 heterocycles. The minimum Gasteiger partial charge on any atom is -0.501 e. The maximum Gasteiger partial charge on any atom is 0.0955 e. The Balaban J connectivity index is 2.48. The van der Waals surface area contributed by atoms with Crippen molar-refractivity contribution in [2.45, 2.75) is 26.2 Å². The first kappa shape index (κ1) is 8.38. The number of ether oxygens (including phenoxy) is 1. The standard InChI is InChI=1S/C10H16O/c1-3-9-5-4-6-10(11-2)8-7-9/h4-6,9H,3,7-8H2,1-2H3. The van der Waals surface area contributed by atoms with Gasteiger partial charge in [0.25, 0.3) is 0 Å². The smallest absolute Gasteiger partial charge is 0.0955 e. The zero-order valence-electron chi connectivity index (χ0n) is 7.34. The van der Waals surface area contributed by atoms with E-state index in [0.29, 0.717) is 0 Å². The summed E-state index contributed by atoms with van der Waals surface area (Å²) in [6.45, 7) is 2.23. The van der Waals surface area contributed by atoms with E-state index in [0.717, 1.165) is 18.1 Å². The molecule has 0 saturated carbocycles. The molecule has 0 spiro atoms. The number of allylic oxidation sites excluding steroid dienone is 4. The third kappa shape index (κ3) is 2.41. The van der Waals surface area contributed by atoms with E-state index in [2.05, 4.69) is 25.2 Å². The van der Waals surface area contributed by atoms with Gasteiger partial charge in [0, 0.05) is 6.42 Å². The fourth-order valence-corrected chi connectivity index (χ4v) is 1.34. The Morgan fingerprint density at radius 2 is 2.45 bits per heavy atom. The average molecular weight is 152 g/mol. The lowest BCUT2D eigenvalue weighted by Gasteiger charge is -2.07. The predicted molar refractivity (Wildman–Crippen MR) is 47.2 cm³/mol. The van der Waals surface area contributed by atoms with Crippen molar-refractivity contribution in [3.8, 4) is 0 Å². The highest BCUT2D eigenvalue weighted by molar-refractivity contribution is 5.12. The number of hydrogen-bond acceptors (Lipinski definition) is 1. The summed E-state index contributed by atoms with van der Waals surface area (Å²) in [6.07, 6.45) is 10.00. The van der Waals surface area contributed by atoms with Gasteiger partial charge in [-0.1, -0.05) is 19.1 Å². The fraction of sp³-hybridized carbons (Fsp3) is 0.600. The van der Waals surface area contributed by atoms with Gasteiger partial charge >= 0.3 is 0 Å². The predicted octanol–water partition coefficient (Wildman–Crippen LogP) is 2.89. The van der Waals surface area contributed by atoms with E-state index < -0.39 is 0 Å². The van der Waals surface area contributed by atoms with E-state index in [4.69, 9.17) is 4.74 Å². The van der Waals surface area contributed by atoms with Crippen molar-refractivity contribution in [2.75, 3.05) is 7.11 Å². The van der Waals surface area contributed by atoms with Crippen molar-refractivity contribution in [3.05, 3.63) is 24.0 Å². The second kappa shape index (κ2) is 4.22. The third-order valence-electron chi connectivity index (χ3n) is 2.21. The highest BCUT2D eigenvalue weighted by Gasteiger charge is 2.06. The topological polar surface area (TPSA) is 9.23 Å². The van der Waals surface area contributed by atoms with Crippen molar-refractivity contribution < 1.29 is 4.74 Å². The summed E-state index contributed by atoms with van der Waals surface area (Å²) in [5, 5.41) is 0. The second-order valence-electron chi connectivity index (χ2n) is 2.93. The Bertz CT molecular complexity index is 168. The van der Waals surface area contributed by atoms with Crippen molar-refractivity contribution in [1.82, 2.24) is 0 Å². The van der Waals surface area contributed by atoms with Crippen LogP contribution in [0.15, 0.2) is 24.0 Å². The minimum atomic E-state index is 0.749. The lowest BCUT2D eigenvalue weighted by Crippen LogP contribution is -1.94. The summed E-state index contributed by atoms with van der Waals surface area (Å²) in [4.78, 5) is 0. The molecule has 1 heteroatoms. The normalized spacial score (nSPS) is 24.2. The Hall–Kier alpha value is -0.720. The molecule has 1 nitrogen and oxygen atoms in total. The molecule has 0 aromatic carbocycles. The van der Waals surface area contributed by atoms with Gasteiger partial charge in [0.2, 0.25) is 0 Å². The van der Waals surface area contributed by atoms with Crippen molar-refractivity contribution in [1.29, 1.82) is 0 Å². The van der Waals surface area contributed by atoms with Crippen LogP contribution in [0.3, 0.4) is 0 Å². The summed E-state index contributed by atoms with van der Waals surface area (Å²) in [7, 11) is 1.74. The molecule has 0 aromatic rings. The molecular weight excluding hydrogens is 136 g/mol. The lowest BCUT2D eigenvalue weighted by atomic mass is 10.0. The maximum atomic E-state index is 5.17. The van der Waals surface area contributed by atoms with Crippen molar-refractivity contribution in [2.24, 2.45) is 5.92 Å². The first-order chi connectivity index (χ1) is 5.36. The van der Waals surface area contributed by atoms with Crippen LogP contribution < -0.4 is 0 Å². The van der Waals surface area contributed by atoms with Crippen LogP contribution >= 0.6 is 0 Å². The van der Waals surface area contributed by atoms with Crippen LogP contribution in [-0.4, -0.2) is 7.11 Å². The Kier molecular flexibility index (Phi) is 3.21. The SMILES string of the molecule is CCC1C=CC=C(OC)CC1. The molecule has 1 aliphatic rings. The number of rotatable bonds is 2. The molecule has 0 radical (unpaired) electrons. The Morgan fingerprint density at radius 3 is 3.09 bits per heavy atom. The monoisotopic (exact) mass is 152 g/mol. The molecule has 0 N–H and O–H groups in total. The molecule has 1 aliphatic carbocycles. The van der Waals surface area contributed by atoms with Crippen LogP contribution in [0.2, 0.25) is 0 Å². The summed E-state index contributed by atoms with van der Waals surface area (Å²) < 4.78 is 5.17. The average Bonchev–Trinajstić information content (AvgIpc) is 2.28. The minimum absolute atomic E-state index is 0.749. The van der Waals surface area contributed by atoms with E-state index in [1.54, 1.807) is 7.11 Å². The lowest BCUT2D eigenvalue weighted by molar-refractivity contribution is 0.272. The molecule has 0 bridgehead atoms. The fourth-order valence-electron chi connectivity index (χ4n) is 1.34. The highest BCUT2D eigenvalue weighted by atomic mass is 16.5. The van der Waals surface area contributed by atoms with Crippen LogP contribution in [0.1, 0.15) is 26.2 Å². The molecule has 1 rings (SSSR count). The molecule has 1 atom stereocenters. The Labute approximate surface area is 68.8 Å². The molecule has 0 aromatic heterocycles. The molecular formula is C10H16O. The van der Waals surface area contributed by atoms with Gasteiger partial charge in [-0.15, -0.1) is 0 Å². The van der Waals surface area contributed by atoms with Gasteiger partial charge in [-0.3, -0.25) is 0 Å². The van der Waals surface area contributed by atoms with Crippen LogP contribution in [0.5, 0.6) is 0 Å². The van der Waals surface area contributed by atoms with Crippen LogP contribution in [0, 0.1) is 5.92 Å². The van der Waals surface area contributed by atoms with Crippen LogP contribution in [0.4, 0.5) is 0 Å². The van der Waals surface area contributed by atoms with E-state index in [1.165, 1.54) is 12.8 Å². The second-order valence-corrected chi connectivity index (χ2v) is 2.93. The van der Waals surface area contributed by atoms with Crippen LogP contribution in [-0.2, 0) is 4.74 Å². The molecule has 11 heavy (non-hydrogen) atoms. The molecule has 0 fully saturated rings. The van der Waals surface area contributed by atoms with E-state index in [-0.39, 0.29) is 0 Å². The highest BCUT2D eigenvalue weighted by Crippen LogP contribution is 2.20. The zero-order valence-corrected chi connectivity index (χ0v) is 7.34. The van der Waals surface area contributed by atoms with Gasteiger partial charge < -0.3 is 4.74 Å². The summed E-state index contributed by atoms with van der Waals surface area (Å²) in [5.74, 6) is 1.86. The Morgan fingerprint density at radius 1 is 1.64 bits per heavy atom. The first-order valence-electron chi connectivity index (χ1n) is 4.28. The summed E-state index contributed by atoms with van der Waals surface area (Å²) >= 11 is 0. The van der Waals surface area contributed by atoms with Gasteiger partial charge in [0.15, 0.2) is 0 Å². The van der Waals surface area contributed by atoms with E-state index >= 15 is 0 Å². The summed E-state index contributed by atoms with van der Waals surface area (Å²) in [5.41, 5.74) is 0. The molecule has 0 saturated heterocycles. The van der Waals surface area contributed by atoms with Crippen LogP contribution in [0.25, 0.3) is 0 Å². The van der Waals surface area contributed by atoms with E-state index in [9.17, 15) is 0 Å². The molecule has 0 aliphatic heterocycles. The zero-order chi connectivity index (χ0) is 8.10. The quantitative estimate of drug-likeness (QED) is 0.591. The molecule has 1 unspecified atom stereocenters. The van der Waals surface area contributed by atoms with Crippen molar-refractivity contribution in [3.63, 3.8) is 0 Å². The van der Waals surface area contributed by atoms with Gasteiger partial charge in [-0.2, -0.15) is 0 Å². The first-order valence-corrected chi connectivity index (χ1v) is 4.28. The van der Waals surface area contributed by atoms with Gasteiger partial charge in [-0.25, -0.2) is 0 Å². The number of hydrogen-bond donors (Lipinski definition) is 0. The van der Waals surface area contributed by atoms with E-state index in [1.807, 2.05) is 0 Å². The number of methoxy groups -OCH3 is 1. The van der Waals surface area contributed by atoms with Gasteiger partial charge in [0.1, 0.15) is 0 Å². The molecule has 62 valence electrons. The maximum absolute atomic E-state index is 5.17. The van der Waals surface area contributed by atoms with Gasteiger partial charge in [-0.05, 0) is 24.8 Å². The van der Waals surface area contributed by atoms with Gasteiger partial charge in [0.05, 0.1) is 12.9 Å².